The van der Waals surface area contributed by atoms with E-state index < -0.39 is 29.6 Å². The molecule has 1 aliphatic heterocycles. The van der Waals surface area contributed by atoms with Crippen molar-refractivity contribution in [2.24, 2.45) is 11.8 Å². The van der Waals surface area contributed by atoms with Crippen LogP contribution in [0.4, 0.5) is 26.3 Å². The molecular weight excluding hydrogens is 300 g/mol. The molecule has 0 N–H and O–H groups in total. The fraction of sp³-hybridized carbons (Fsp3) is 0.900. The second-order valence-electron chi connectivity index (χ2n) is 4.58. The summed E-state index contributed by atoms with van der Waals surface area (Å²) in [5.74, 6) is -6.00. The molecule has 9 heteroatoms. The molecule has 0 aromatic rings. The van der Waals surface area contributed by atoms with Crippen molar-refractivity contribution in [1.29, 1.82) is 0 Å². The van der Waals surface area contributed by atoms with Gasteiger partial charge in [-0.15, -0.1) is 11.6 Å². The van der Waals surface area contributed by atoms with Crippen molar-refractivity contribution in [3.05, 3.63) is 0 Å². The largest absolute Gasteiger partial charge is 0.409 e. The lowest BCUT2D eigenvalue weighted by atomic mass is 9.96. The van der Waals surface area contributed by atoms with E-state index in [1.807, 2.05) is 0 Å². The minimum absolute atomic E-state index is 0.0547. The number of carbonyl (C=O) groups excluding carboxylic acids is 1. The summed E-state index contributed by atoms with van der Waals surface area (Å²) >= 11 is 5.78. The normalized spacial score (nSPS) is 25.8. The molecule has 1 heterocycles. The molecule has 2 nitrogen and oxygen atoms in total. The molecule has 0 saturated carbocycles. The Morgan fingerprint density at radius 2 is 1.68 bits per heavy atom. The first-order valence-corrected chi connectivity index (χ1v) is 5.94. The second kappa shape index (κ2) is 5.38. The van der Waals surface area contributed by atoms with Gasteiger partial charge in [-0.1, -0.05) is 6.92 Å². The maximum atomic E-state index is 12.4. The molecule has 0 radical (unpaired) electrons. The van der Waals surface area contributed by atoms with Crippen LogP contribution in [0.1, 0.15) is 13.3 Å². The van der Waals surface area contributed by atoms with Crippen molar-refractivity contribution in [2.75, 3.05) is 13.1 Å². The Hall–Kier alpha value is -0.660. The van der Waals surface area contributed by atoms with Crippen LogP contribution in [0.25, 0.3) is 0 Å². The maximum absolute atomic E-state index is 12.4. The van der Waals surface area contributed by atoms with Crippen molar-refractivity contribution < 1.29 is 31.1 Å². The minimum Gasteiger partial charge on any atom is -0.340 e. The molecule has 19 heavy (non-hydrogen) atoms. The van der Waals surface area contributed by atoms with Gasteiger partial charge in [-0.3, -0.25) is 4.79 Å². The Labute approximate surface area is 110 Å². The molecule has 0 aromatic heterocycles. The smallest absolute Gasteiger partial charge is 0.340 e. The topological polar surface area (TPSA) is 20.3 Å². The standard InChI is InChI=1S/C10H12ClF6NO/c1-5-2-3-18(4-6(5)11)8(19)7(9(12,13)14)10(15,16)17/h5-7H,2-4H2,1H3. The SMILES string of the molecule is CC1CCN(C(=O)C(C(F)(F)F)C(F)(F)F)CC1Cl. The zero-order valence-corrected chi connectivity index (χ0v) is 10.6. The Bertz CT molecular complexity index is 328. The third-order valence-electron chi connectivity index (χ3n) is 3.08. The van der Waals surface area contributed by atoms with Gasteiger partial charge in [0.1, 0.15) is 0 Å². The predicted molar refractivity (Wildman–Crippen MR) is 55.6 cm³/mol. The van der Waals surface area contributed by atoms with Crippen molar-refractivity contribution in [3.8, 4) is 0 Å². The predicted octanol–water partition coefficient (Wildman–Crippen LogP) is 3.20. The summed E-state index contributed by atoms with van der Waals surface area (Å²) in [6.07, 6.45) is -11.0. The van der Waals surface area contributed by atoms with Crippen LogP contribution in [0.3, 0.4) is 0 Å². The van der Waals surface area contributed by atoms with Crippen molar-refractivity contribution in [2.45, 2.75) is 31.1 Å². The zero-order valence-electron chi connectivity index (χ0n) is 9.85. The summed E-state index contributed by atoms with van der Waals surface area (Å²) < 4.78 is 74.4. The van der Waals surface area contributed by atoms with Gasteiger partial charge < -0.3 is 4.90 Å². The van der Waals surface area contributed by atoms with Crippen molar-refractivity contribution >= 4 is 17.5 Å². The average Bonchev–Trinajstić information content (AvgIpc) is 2.17. The van der Waals surface area contributed by atoms with Crippen LogP contribution in [-0.2, 0) is 4.79 Å². The Balaban J connectivity index is 2.90. The van der Waals surface area contributed by atoms with Crippen LogP contribution in [0.15, 0.2) is 0 Å². The fourth-order valence-electron chi connectivity index (χ4n) is 1.87. The molecule has 1 saturated heterocycles. The average molecular weight is 312 g/mol. The minimum atomic E-state index is -5.65. The van der Waals surface area contributed by atoms with Crippen LogP contribution >= 0.6 is 11.6 Å². The lowest BCUT2D eigenvalue weighted by Crippen LogP contribution is -2.53. The van der Waals surface area contributed by atoms with Crippen LogP contribution in [0.5, 0.6) is 0 Å². The first-order chi connectivity index (χ1) is 8.44. The number of hydrogen-bond donors (Lipinski definition) is 0. The summed E-state index contributed by atoms with van der Waals surface area (Å²) in [7, 11) is 0. The van der Waals surface area contributed by atoms with Gasteiger partial charge in [-0.2, -0.15) is 26.3 Å². The van der Waals surface area contributed by atoms with E-state index in [-0.39, 0.29) is 25.4 Å². The van der Waals surface area contributed by atoms with Crippen molar-refractivity contribution in [1.82, 2.24) is 4.90 Å². The van der Waals surface area contributed by atoms with Crippen LogP contribution in [0, 0.1) is 11.8 Å². The molecule has 0 aromatic carbocycles. The van der Waals surface area contributed by atoms with E-state index in [2.05, 4.69) is 0 Å². The van der Waals surface area contributed by atoms with Gasteiger partial charge in [0.2, 0.25) is 11.8 Å². The van der Waals surface area contributed by atoms with Gasteiger partial charge in [0.05, 0.1) is 5.38 Å². The zero-order chi connectivity index (χ0) is 15.0. The van der Waals surface area contributed by atoms with E-state index >= 15 is 0 Å². The molecule has 2 atom stereocenters. The number of halogens is 7. The van der Waals surface area contributed by atoms with E-state index in [1.54, 1.807) is 6.92 Å². The number of carbonyl (C=O) groups is 1. The van der Waals surface area contributed by atoms with Gasteiger partial charge in [0.25, 0.3) is 0 Å². The Morgan fingerprint density at radius 3 is 2.05 bits per heavy atom. The van der Waals surface area contributed by atoms with Crippen LogP contribution < -0.4 is 0 Å². The number of alkyl halides is 7. The highest BCUT2D eigenvalue weighted by Crippen LogP contribution is 2.41. The quantitative estimate of drug-likeness (QED) is 0.538. The maximum Gasteiger partial charge on any atom is 0.409 e. The van der Waals surface area contributed by atoms with Gasteiger partial charge in [0, 0.05) is 13.1 Å². The molecule has 112 valence electrons. The van der Waals surface area contributed by atoms with E-state index in [4.69, 9.17) is 11.6 Å². The number of likely N-dealkylation sites (tertiary alicyclic amines) is 1. The first-order valence-electron chi connectivity index (χ1n) is 5.51. The molecule has 2 unspecified atom stereocenters. The second-order valence-corrected chi connectivity index (χ2v) is 5.14. The molecule has 0 aliphatic carbocycles. The number of hydrogen-bond acceptors (Lipinski definition) is 1. The number of nitrogens with zero attached hydrogens (tertiary/aromatic N) is 1. The molecule has 1 fully saturated rings. The fourth-order valence-corrected chi connectivity index (χ4v) is 2.16. The molecule has 0 bridgehead atoms. The summed E-state index contributed by atoms with van der Waals surface area (Å²) in [6.45, 7) is 1.28. The molecule has 1 rings (SSSR count). The third-order valence-corrected chi connectivity index (χ3v) is 3.65. The van der Waals surface area contributed by atoms with E-state index in [9.17, 15) is 31.1 Å². The summed E-state index contributed by atoms with van der Waals surface area (Å²) in [4.78, 5) is 12.0. The lowest BCUT2D eigenvalue weighted by Gasteiger charge is -2.36. The van der Waals surface area contributed by atoms with E-state index in [0.717, 1.165) is 0 Å². The highest BCUT2D eigenvalue weighted by atomic mass is 35.5. The van der Waals surface area contributed by atoms with Gasteiger partial charge >= 0.3 is 12.4 Å². The molecular formula is C10H12ClF6NO. The van der Waals surface area contributed by atoms with E-state index in [0.29, 0.717) is 4.90 Å². The monoisotopic (exact) mass is 311 g/mol. The highest BCUT2D eigenvalue weighted by Gasteiger charge is 2.62. The molecule has 0 spiro atoms. The summed E-state index contributed by atoms with van der Waals surface area (Å²) in [5.41, 5.74) is 0. The van der Waals surface area contributed by atoms with Gasteiger partial charge in [-0.05, 0) is 12.3 Å². The summed E-state index contributed by atoms with van der Waals surface area (Å²) in [6, 6.07) is 0. The lowest BCUT2D eigenvalue weighted by molar-refractivity contribution is -0.277. The van der Waals surface area contributed by atoms with Gasteiger partial charge in [0.15, 0.2) is 0 Å². The third kappa shape index (κ3) is 3.90. The Morgan fingerprint density at radius 1 is 1.21 bits per heavy atom. The Kier molecular flexibility index (Phi) is 4.64. The van der Waals surface area contributed by atoms with Crippen LogP contribution in [-0.4, -0.2) is 41.6 Å². The molecule has 1 amide bonds. The van der Waals surface area contributed by atoms with E-state index in [1.165, 1.54) is 0 Å². The number of piperidine rings is 1. The summed E-state index contributed by atoms with van der Waals surface area (Å²) in [5, 5.41) is -0.639. The number of rotatable bonds is 1. The van der Waals surface area contributed by atoms with Crippen molar-refractivity contribution in [3.63, 3.8) is 0 Å². The van der Waals surface area contributed by atoms with Gasteiger partial charge in [-0.25, -0.2) is 0 Å². The number of amides is 1. The molecule has 1 aliphatic rings. The highest BCUT2D eigenvalue weighted by molar-refractivity contribution is 6.21. The first kappa shape index (κ1) is 16.4. The van der Waals surface area contributed by atoms with Crippen LogP contribution in [0.2, 0.25) is 0 Å².